The van der Waals surface area contributed by atoms with Crippen LogP contribution in [0.3, 0.4) is 0 Å². The molecule has 590 valence electrons. The fourth-order valence-corrected chi connectivity index (χ4v) is 8.47. The van der Waals surface area contributed by atoms with E-state index < -0.39 is 5.41 Å². The molecule has 0 rings (SSSR count). The number of ether oxygens (including phenoxy) is 24. The number of unbranched alkanes of at least 4 members (excludes halogenated alkanes) is 1. The SMILES string of the molecule is COCCOCCOCCOCCOCCOCCOCCOCCOCCOCCOCCOCCOCCOCCOCCOCCOCCOCCOCCOCCOCCOCCOCCOCCC(=O)NCCCC[C@H](CC(=O)[C@@H](NC(C)(C)C)C(C)C)C(=O)C(C)(C)C. The molecule has 2 atom stereocenters. The molecule has 0 aromatic heterocycles. The Hall–Kier alpha value is -2.19. The Morgan fingerprint density at radius 1 is 0.303 bits per heavy atom. The van der Waals surface area contributed by atoms with Gasteiger partial charge < -0.3 is 124 Å². The van der Waals surface area contributed by atoms with Crippen molar-refractivity contribution in [2.24, 2.45) is 17.3 Å². The van der Waals surface area contributed by atoms with Crippen LogP contribution in [-0.4, -0.2) is 353 Å². The predicted molar refractivity (Wildman–Crippen MR) is 371 cm³/mol. The van der Waals surface area contributed by atoms with Crippen LogP contribution in [0.5, 0.6) is 0 Å². The third kappa shape index (κ3) is 75.3. The fraction of sp³-hybridized carbons (Fsp3) is 0.957. The first kappa shape index (κ1) is 96.8. The Bertz CT molecular complexity index is 1690. The van der Waals surface area contributed by atoms with Gasteiger partial charge in [-0.1, -0.05) is 41.0 Å². The smallest absolute Gasteiger partial charge is 0.222 e. The summed E-state index contributed by atoms with van der Waals surface area (Å²) in [6, 6.07) is -0.308. The Kier molecular flexibility index (Phi) is 73.8. The van der Waals surface area contributed by atoms with E-state index in [0.717, 1.165) is 12.8 Å². The molecule has 0 aliphatic carbocycles. The highest BCUT2D eigenvalue weighted by Crippen LogP contribution is 2.27. The minimum Gasteiger partial charge on any atom is -0.382 e. The highest BCUT2D eigenvalue weighted by molar-refractivity contribution is 5.92. The summed E-state index contributed by atoms with van der Waals surface area (Å²) in [6.07, 6.45) is 2.55. The molecule has 1 amide bonds. The summed E-state index contributed by atoms with van der Waals surface area (Å²) < 4.78 is 132. The molecule has 0 aromatic rings. The predicted octanol–water partition coefficient (Wildman–Crippen LogP) is 4.29. The van der Waals surface area contributed by atoms with Crippen molar-refractivity contribution in [1.29, 1.82) is 0 Å². The first-order chi connectivity index (χ1) is 48.2. The van der Waals surface area contributed by atoms with Crippen molar-refractivity contribution in [2.75, 3.05) is 324 Å². The highest BCUT2D eigenvalue weighted by atomic mass is 16.6. The van der Waals surface area contributed by atoms with E-state index in [4.69, 9.17) is 114 Å². The monoisotopic (exact) mass is 1440 g/mol. The maximum Gasteiger partial charge on any atom is 0.222 e. The van der Waals surface area contributed by atoms with Gasteiger partial charge in [0.2, 0.25) is 5.91 Å². The molecule has 0 aliphatic rings. The van der Waals surface area contributed by atoms with Crippen LogP contribution in [-0.2, 0) is 128 Å². The van der Waals surface area contributed by atoms with Gasteiger partial charge in [0, 0.05) is 43.4 Å². The van der Waals surface area contributed by atoms with Gasteiger partial charge in [0.05, 0.1) is 317 Å². The molecule has 99 heavy (non-hydrogen) atoms. The molecule has 0 saturated carbocycles. The fourth-order valence-electron chi connectivity index (χ4n) is 8.47. The summed E-state index contributed by atoms with van der Waals surface area (Å²) in [6.45, 7) is 38.9. The highest BCUT2D eigenvalue weighted by Gasteiger charge is 2.34. The second-order valence-corrected chi connectivity index (χ2v) is 24.8. The standard InChI is InChI=1S/C70H138N2O27/c1-63(2)67(72-70(6,7)8)65(73)62-64(68(75)69(3,4)5)12-10-11-14-71-66(74)13-15-77-18-19-79-22-23-81-26-27-83-30-31-85-34-35-87-38-39-89-42-43-91-46-47-93-50-51-95-54-55-97-58-59-99-61-60-98-57-56-96-53-52-94-49-48-92-45-44-90-41-40-88-37-36-86-33-32-84-29-28-82-25-24-80-21-20-78-17-16-76-9/h63-64,67,72H,10-62H2,1-9H3,(H,71,74)/t64-,67+/m1/s1. The lowest BCUT2D eigenvalue weighted by Gasteiger charge is -2.32. The average molecular weight is 1440 g/mol. The van der Waals surface area contributed by atoms with E-state index in [-0.39, 0.29) is 53.7 Å². The normalized spacial score (nSPS) is 12.7. The zero-order valence-corrected chi connectivity index (χ0v) is 62.7. The van der Waals surface area contributed by atoms with Gasteiger partial charge in [0.25, 0.3) is 0 Å². The van der Waals surface area contributed by atoms with Gasteiger partial charge in [-0.2, -0.15) is 0 Å². The summed E-state index contributed by atoms with van der Waals surface area (Å²) in [5, 5.41) is 6.38. The molecule has 0 fully saturated rings. The first-order valence-corrected chi connectivity index (χ1v) is 36.1. The minimum absolute atomic E-state index is 0.0789. The van der Waals surface area contributed by atoms with E-state index in [0.29, 0.717) is 323 Å². The lowest BCUT2D eigenvalue weighted by molar-refractivity contribution is -0.134. The summed E-state index contributed by atoms with van der Waals surface area (Å²) in [4.78, 5) is 39.0. The number of carbonyl (C=O) groups excluding carboxylic acids is 3. The molecule has 29 nitrogen and oxygen atoms in total. The minimum atomic E-state index is -0.536. The van der Waals surface area contributed by atoms with Crippen LogP contribution >= 0.6 is 0 Å². The van der Waals surface area contributed by atoms with Crippen molar-refractivity contribution in [3.63, 3.8) is 0 Å². The van der Waals surface area contributed by atoms with Gasteiger partial charge in [0.1, 0.15) is 5.78 Å². The Morgan fingerprint density at radius 3 is 0.707 bits per heavy atom. The largest absolute Gasteiger partial charge is 0.382 e. The van der Waals surface area contributed by atoms with E-state index in [1.165, 1.54) is 0 Å². The van der Waals surface area contributed by atoms with Crippen molar-refractivity contribution in [3.8, 4) is 0 Å². The molecule has 29 heteroatoms. The lowest BCUT2D eigenvalue weighted by Crippen LogP contribution is -2.51. The maximum absolute atomic E-state index is 13.4. The topological polar surface area (TPSA) is 297 Å². The van der Waals surface area contributed by atoms with E-state index in [1.54, 1.807) is 7.11 Å². The summed E-state index contributed by atoms with van der Waals surface area (Å²) in [7, 11) is 1.64. The van der Waals surface area contributed by atoms with E-state index in [2.05, 4.69) is 10.6 Å². The first-order valence-electron chi connectivity index (χ1n) is 36.1. The zero-order valence-electron chi connectivity index (χ0n) is 62.7. The number of methoxy groups -OCH3 is 1. The summed E-state index contributed by atoms with van der Waals surface area (Å²) >= 11 is 0. The zero-order chi connectivity index (χ0) is 72.3. The molecule has 0 spiro atoms. The Balaban J connectivity index is 3.29. The van der Waals surface area contributed by atoms with Gasteiger partial charge in [0.15, 0.2) is 5.78 Å². The number of rotatable bonds is 83. The molecule has 0 saturated heterocycles. The van der Waals surface area contributed by atoms with E-state index in [9.17, 15) is 14.4 Å². The second-order valence-electron chi connectivity index (χ2n) is 24.8. The van der Waals surface area contributed by atoms with Crippen molar-refractivity contribution in [2.45, 2.75) is 99.1 Å². The van der Waals surface area contributed by atoms with Crippen molar-refractivity contribution in [1.82, 2.24) is 10.6 Å². The summed E-state index contributed by atoms with van der Waals surface area (Å²) in [5.74, 6) is -0.131. The van der Waals surface area contributed by atoms with Crippen LogP contribution in [0.25, 0.3) is 0 Å². The maximum atomic E-state index is 13.4. The van der Waals surface area contributed by atoms with Crippen LogP contribution in [0.2, 0.25) is 0 Å². The number of hydrogen-bond donors (Lipinski definition) is 2. The average Bonchev–Trinajstić information content (AvgIpc) is 0.883. The quantitative estimate of drug-likeness (QED) is 0.0803. The molecular weight excluding hydrogens is 1300 g/mol. The third-order valence-corrected chi connectivity index (χ3v) is 13.6. The van der Waals surface area contributed by atoms with Gasteiger partial charge >= 0.3 is 0 Å². The molecule has 0 unspecified atom stereocenters. The van der Waals surface area contributed by atoms with Crippen molar-refractivity contribution in [3.05, 3.63) is 0 Å². The van der Waals surface area contributed by atoms with Crippen LogP contribution in [0.4, 0.5) is 0 Å². The lowest BCUT2D eigenvalue weighted by atomic mass is 9.77. The van der Waals surface area contributed by atoms with E-state index >= 15 is 0 Å². The van der Waals surface area contributed by atoms with E-state index in [1.807, 2.05) is 55.4 Å². The van der Waals surface area contributed by atoms with Crippen molar-refractivity contribution < 1.29 is 128 Å². The number of Topliss-reactive ketones (excluding diaryl/α,β-unsaturated/α-hetero) is 2. The molecule has 0 aromatic carbocycles. The number of nitrogens with one attached hydrogen (secondary N) is 2. The molecule has 0 bridgehead atoms. The molecular formula is C70H138N2O27. The molecule has 0 radical (unpaired) electrons. The number of amides is 1. The van der Waals surface area contributed by atoms with Crippen molar-refractivity contribution >= 4 is 17.5 Å². The molecule has 0 aliphatic heterocycles. The molecule has 2 N–H and O–H groups in total. The molecule has 0 heterocycles. The Morgan fingerprint density at radius 2 is 0.515 bits per heavy atom. The van der Waals surface area contributed by atoms with Gasteiger partial charge in [-0.15, -0.1) is 0 Å². The van der Waals surface area contributed by atoms with Crippen LogP contribution in [0.15, 0.2) is 0 Å². The van der Waals surface area contributed by atoms with Crippen LogP contribution < -0.4 is 10.6 Å². The van der Waals surface area contributed by atoms with Crippen LogP contribution in [0.1, 0.15) is 87.5 Å². The van der Waals surface area contributed by atoms with Gasteiger partial charge in [-0.25, -0.2) is 0 Å². The third-order valence-electron chi connectivity index (χ3n) is 13.6. The van der Waals surface area contributed by atoms with Crippen LogP contribution in [0, 0.1) is 17.3 Å². The number of carbonyl (C=O) groups is 3. The van der Waals surface area contributed by atoms with Gasteiger partial charge in [-0.05, 0) is 39.5 Å². The Labute approximate surface area is 594 Å². The summed E-state index contributed by atoms with van der Waals surface area (Å²) in [5.41, 5.74) is -0.750. The number of ketones is 2. The second kappa shape index (κ2) is 75.5. The van der Waals surface area contributed by atoms with Gasteiger partial charge in [-0.3, -0.25) is 14.4 Å². The number of hydrogen-bond acceptors (Lipinski definition) is 28.